The van der Waals surface area contributed by atoms with Crippen LogP contribution in [0.4, 0.5) is 8.78 Å². The Balaban J connectivity index is 1.97. The van der Waals surface area contributed by atoms with Gasteiger partial charge in [0, 0.05) is 6.54 Å². The number of hydrogen-bond acceptors (Lipinski definition) is 1. The van der Waals surface area contributed by atoms with Crippen LogP contribution in [-0.2, 0) is 18.4 Å². The number of benzene rings is 1. The Kier molecular flexibility index (Phi) is 2.25. The first kappa shape index (κ1) is 10.2. The van der Waals surface area contributed by atoms with Gasteiger partial charge in [0.2, 0.25) is 6.43 Å². The van der Waals surface area contributed by atoms with E-state index in [1.54, 1.807) is 0 Å². The summed E-state index contributed by atoms with van der Waals surface area (Å²) in [6, 6.07) is 5.92. The van der Waals surface area contributed by atoms with E-state index < -0.39 is 11.8 Å². The summed E-state index contributed by atoms with van der Waals surface area (Å²) in [5, 5.41) is 3.29. The van der Waals surface area contributed by atoms with Crippen LogP contribution in [0, 0.1) is 0 Å². The molecule has 1 fully saturated rings. The van der Waals surface area contributed by atoms with Gasteiger partial charge in [0.15, 0.2) is 0 Å². The molecule has 2 aliphatic rings. The maximum absolute atomic E-state index is 13.0. The largest absolute Gasteiger partial charge is 0.312 e. The van der Waals surface area contributed by atoms with E-state index in [0.29, 0.717) is 12.8 Å². The average molecular weight is 223 g/mol. The summed E-state index contributed by atoms with van der Waals surface area (Å²) >= 11 is 0. The Hall–Kier alpha value is -0.960. The Labute approximate surface area is 93.9 Å². The molecule has 1 aromatic carbocycles. The molecule has 86 valence electrons. The summed E-state index contributed by atoms with van der Waals surface area (Å²) in [5.41, 5.74) is 2.56. The smallest absolute Gasteiger partial charge is 0.248 e. The fraction of sp³-hybridized carbons (Fsp3) is 0.538. The first-order valence-corrected chi connectivity index (χ1v) is 5.83. The summed E-state index contributed by atoms with van der Waals surface area (Å²) in [6.07, 6.45) is 0.0265. The average Bonchev–Trinajstić information content (AvgIpc) is 3.09. The van der Waals surface area contributed by atoms with Gasteiger partial charge in [-0.2, -0.15) is 0 Å². The zero-order chi connectivity index (χ0) is 11.2. The van der Waals surface area contributed by atoms with Gasteiger partial charge in [0.25, 0.3) is 0 Å². The molecule has 0 atom stereocenters. The molecule has 16 heavy (non-hydrogen) atoms. The van der Waals surface area contributed by atoms with Crippen LogP contribution in [0.2, 0.25) is 0 Å². The van der Waals surface area contributed by atoms with E-state index in [1.165, 1.54) is 11.1 Å². The SMILES string of the molecule is FC(F)C1(c2ccc3c(c2)CCNC3)CC1. The molecule has 3 rings (SSSR count). The normalized spacial score (nSPS) is 21.9. The lowest BCUT2D eigenvalue weighted by molar-refractivity contribution is 0.102. The van der Waals surface area contributed by atoms with Crippen LogP contribution in [0.25, 0.3) is 0 Å². The Morgan fingerprint density at radius 1 is 1.19 bits per heavy atom. The van der Waals surface area contributed by atoms with Crippen molar-refractivity contribution in [2.24, 2.45) is 0 Å². The van der Waals surface area contributed by atoms with Crippen LogP contribution < -0.4 is 5.32 Å². The molecule has 0 unspecified atom stereocenters. The maximum atomic E-state index is 13.0. The molecule has 0 radical (unpaired) electrons. The van der Waals surface area contributed by atoms with E-state index >= 15 is 0 Å². The second-order valence-electron chi connectivity index (χ2n) is 4.87. The quantitative estimate of drug-likeness (QED) is 0.812. The number of rotatable bonds is 2. The van der Waals surface area contributed by atoms with Crippen LogP contribution in [-0.4, -0.2) is 13.0 Å². The molecule has 0 aromatic heterocycles. The fourth-order valence-electron chi connectivity index (χ4n) is 2.55. The molecule has 0 spiro atoms. The van der Waals surface area contributed by atoms with Crippen molar-refractivity contribution in [1.29, 1.82) is 0 Å². The Morgan fingerprint density at radius 2 is 2.00 bits per heavy atom. The van der Waals surface area contributed by atoms with E-state index in [4.69, 9.17) is 0 Å². The molecule has 1 aromatic rings. The van der Waals surface area contributed by atoms with Crippen LogP contribution in [0.1, 0.15) is 29.5 Å². The van der Waals surface area contributed by atoms with E-state index in [0.717, 1.165) is 25.1 Å². The summed E-state index contributed by atoms with van der Waals surface area (Å²) in [7, 11) is 0. The maximum Gasteiger partial charge on any atom is 0.248 e. The van der Waals surface area contributed by atoms with Crippen LogP contribution in [0.15, 0.2) is 18.2 Å². The highest BCUT2D eigenvalue weighted by Gasteiger charge is 2.52. The van der Waals surface area contributed by atoms with Gasteiger partial charge in [0.05, 0.1) is 5.41 Å². The molecule has 1 heterocycles. The van der Waals surface area contributed by atoms with Gasteiger partial charge in [-0.1, -0.05) is 18.2 Å². The highest BCUT2D eigenvalue weighted by Crippen LogP contribution is 2.52. The molecule has 1 saturated carbocycles. The predicted octanol–water partition coefficient (Wildman–Crippen LogP) is 2.63. The molecule has 0 amide bonds. The topological polar surface area (TPSA) is 12.0 Å². The minimum atomic E-state index is -2.22. The van der Waals surface area contributed by atoms with E-state index in [1.807, 2.05) is 18.2 Å². The predicted molar refractivity (Wildman–Crippen MR) is 58.8 cm³/mol. The van der Waals surface area contributed by atoms with Crippen molar-refractivity contribution in [2.75, 3.05) is 6.54 Å². The summed E-state index contributed by atoms with van der Waals surface area (Å²) in [6.45, 7) is 1.83. The molecular weight excluding hydrogens is 208 g/mol. The highest BCUT2D eigenvalue weighted by atomic mass is 19.3. The molecule has 1 aliphatic heterocycles. The van der Waals surface area contributed by atoms with Gasteiger partial charge in [0.1, 0.15) is 0 Å². The summed E-state index contributed by atoms with van der Waals surface area (Å²) in [5.74, 6) is 0. The zero-order valence-corrected chi connectivity index (χ0v) is 9.10. The third-order valence-electron chi connectivity index (χ3n) is 3.87. The molecule has 0 saturated heterocycles. The Morgan fingerprint density at radius 3 is 2.69 bits per heavy atom. The van der Waals surface area contributed by atoms with Crippen molar-refractivity contribution in [3.8, 4) is 0 Å². The minimum Gasteiger partial charge on any atom is -0.312 e. The van der Waals surface area contributed by atoms with Gasteiger partial charge in [-0.15, -0.1) is 0 Å². The monoisotopic (exact) mass is 223 g/mol. The van der Waals surface area contributed by atoms with Crippen molar-refractivity contribution in [2.45, 2.75) is 37.6 Å². The van der Waals surface area contributed by atoms with E-state index in [9.17, 15) is 8.78 Å². The summed E-state index contributed by atoms with van der Waals surface area (Å²) < 4.78 is 26.0. The zero-order valence-electron chi connectivity index (χ0n) is 9.10. The number of alkyl halides is 2. The molecule has 1 nitrogen and oxygen atoms in total. The number of nitrogens with one attached hydrogen (secondary N) is 1. The molecule has 1 aliphatic carbocycles. The first-order valence-electron chi connectivity index (χ1n) is 5.83. The van der Waals surface area contributed by atoms with Crippen molar-refractivity contribution in [3.63, 3.8) is 0 Å². The third kappa shape index (κ3) is 1.46. The summed E-state index contributed by atoms with van der Waals surface area (Å²) in [4.78, 5) is 0. The van der Waals surface area contributed by atoms with Gasteiger partial charge in [-0.05, 0) is 42.5 Å². The second kappa shape index (κ2) is 3.52. The minimum absolute atomic E-state index is 0.641. The van der Waals surface area contributed by atoms with E-state index in [2.05, 4.69) is 5.32 Å². The van der Waals surface area contributed by atoms with Crippen molar-refractivity contribution >= 4 is 0 Å². The van der Waals surface area contributed by atoms with E-state index in [-0.39, 0.29) is 0 Å². The fourth-order valence-corrected chi connectivity index (χ4v) is 2.55. The van der Waals surface area contributed by atoms with Gasteiger partial charge >= 0.3 is 0 Å². The first-order chi connectivity index (χ1) is 7.72. The van der Waals surface area contributed by atoms with Crippen molar-refractivity contribution in [3.05, 3.63) is 34.9 Å². The molecule has 1 N–H and O–H groups in total. The van der Waals surface area contributed by atoms with Gasteiger partial charge in [-0.25, -0.2) is 8.78 Å². The van der Waals surface area contributed by atoms with Crippen LogP contribution in [0.3, 0.4) is 0 Å². The molecular formula is C13H15F2N. The lowest BCUT2D eigenvalue weighted by Gasteiger charge is -2.21. The van der Waals surface area contributed by atoms with Gasteiger partial charge in [-0.3, -0.25) is 0 Å². The number of fused-ring (bicyclic) bond motifs is 1. The van der Waals surface area contributed by atoms with Crippen LogP contribution in [0.5, 0.6) is 0 Å². The lowest BCUT2D eigenvalue weighted by Crippen LogP contribution is -2.25. The number of halogens is 2. The lowest BCUT2D eigenvalue weighted by atomic mass is 9.90. The highest BCUT2D eigenvalue weighted by molar-refractivity contribution is 5.40. The third-order valence-corrected chi connectivity index (χ3v) is 3.87. The Bertz CT molecular complexity index is 410. The standard InChI is InChI=1S/C13H15F2N/c14-12(15)13(4-5-13)11-2-1-10-8-16-6-3-9(10)7-11/h1-2,7,12,16H,3-6,8H2. The van der Waals surface area contributed by atoms with Gasteiger partial charge < -0.3 is 5.32 Å². The van der Waals surface area contributed by atoms with Crippen molar-refractivity contribution in [1.82, 2.24) is 5.32 Å². The van der Waals surface area contributed by atoms with Crippen LogP contribution >= 0.6 is 0 Å². The number of hydrogen-bond donors (Lipinski definition) is 1. The molecule has 0 bridgehead atoms. The molecule has 3 heteroatoms. The van der Waals surface area contributed by atoms with Crippen molar-refractivity contribution < 1.29 is 8.78 Å². The second-order valence-corrected chi connectivity index (χ2v) is 4.87.